The van der Waals surface area contributed by atoms with Crippen LogP contribution in [0.2, 0.25) is 0 Å². The molecule has 0 aromatic carbocycles. The Kier molecular flexibility index (Phi) is 4.57. The Morgan fingerprint density at radius 3 is 2.90 bits per heavy atom. The van der Waals surface area contributed by atoms with Gasteiger partial charge in [-0.25, -0.2) is 4.98 Å². The number of hydrogen-bond donors (Lipinski definition) is 0. The van der Waals surface area contributed by atoms with Crippen LogP contribution in [0.15, 0.2) is 30.7 Å². The van der Waals surface area contributed by atoms with E-state index in [1.54, 1.807) is 47.4 Å². The van der Waals surface area contributed by atoms with E-state index in [-0.39, 0.29) is 12.0 Å². The summed E-state index contributed by atoms with van der Waals surface area (Å²) in [5.41, 5.74) is 1.28. The van der Waals surface area contributed by atoms with Crippen molar-refractivity contribution < 1.29 is 9.53 Å². The number of ether oxygens (including phenoxy) is 1. The predicted octanol–water partition coefficient (Wildman–Crippen LogP) is 2.27. The second kappa shape index (κ2) is 6.39. The van der Waals surface area contributed by atoms with E-state index >= 15 is 0 Å². The molecule has 1 unspecified atom stereocenters. The Balaban J connectivity index is 2.17. The summed E-state index contributed by atoms with van der Waals surface area (Å²) >= 11 is 0. The first-order valence-corrected chi connectivity index (χ1v) is 6.90. The van der Waals surface area contributed by atoms with Crippen molar-refractivity contribution in [2.24, 2.45) is 7.05 Å². The van der Waals surface area contributed by atoms with Crippen LogP contribution in [0.5, 0.6) is 5.88 Å². The molecule has 112 valence electrons. The number of nitrogens with zero attached hydrogens (tertiary/aromatic N) is 4. The molecule has 0 aliphatic rings. The maximum absolute atomic E-state index is 12.5. The highest BCUT2D eigenvalue weighted by Gasteiger charge is 2.16. The van der Waals surface area contributed by atoms with Gasteiger partial charge in [-0.05, 0) is 19.4 Å². The summed E-state index contributed by atoms with van der Waals surface area (Å²) in [6, 6.07) is 3.35. The summed E-state index contributed by atoms with van der Waals surface area (Å²) in [5.74, 6) is 0.342. The fourth-order valence-corrected chi connectivity index (χ4v) is 1.79. The fraction of sp³-hybridized carbons (Fsp3) is 0.400. The molecule has 0 saturated heterocycles. The molecule has 2 aromatic heterocycles. The van der Waals surface area contributed by atoms with Crippen molar-refractivity contribution in [2.75, 3.05) is 11.9 Å². The normalized spacial score (nSPS) is 12.0. The topological polar surface area (TPSA) is 60.2 Å². The van der Waals surface area contributed by atoms with E-state index < -0.39 is 0 Å². The smallest absolute Gasteiger partial charge is 0.258 e. The highest BCUT2D eigenvalue weighted by Crippen LogP contribution is 2.17. The minimum Gasteiger partial charge on any atom is -0.475 e. The molecule has 0 bridgehead atoms. The van der Waals surface area contributed by atoms with Crippen LogP contribution >= 0.6 is 0 Å². The summed E-state index contributed by atoms with van der Waals surface area (Å²) in [7, 11) is 3.53. The minimum absolute atomic E-state index is 0.0684. The molecule has 2 rings (SSSR count). The van der Waals surface area contributed by atoms with Gasteiger partial charge in [-0.1, -0.05) is 6.92 Å². The lowest BCUT2D eigenvalue weighted by Gasteiger charge is -2.16. The van der Waals surface area contributed by atoms with Crippen molar-refractivity contribution in [1.82, 2.24) is 14.8 Å². The first kappa shape index (κ1) is 15.0. The van der Waals surface area contributed by atoms with Crippen LogP contribution in [-0.2, 0) is 7.05 Å². The van der Waals surface area contributed by atoms with Crippen LogP contribution in [0.3, 0.4) is 0 Å². The average Bonchev–Trinajstić information content (AvgIpc) is 2.92. The molecule has 0 radical (unpaired) electrons. The monoisotopic (exact) mass is 288 g/mol. The van der Waals surface area contributed by atoms with Crippen LogP contribution in [0.1, 0.15) is 30.6 Å². The molecule has 0 N–H and O–H groups in total. The molecule has 2 aromatic rings. The van der Waals surface area contributed by atoms with Gasteiger partial charge in [0.15, 0.2) is 0 Å². The molecule has 0 saturated carbocycles. The molecule has 0 fully saturated rings. The van der Waals surface area contributed by atoms with E-state index in [2.05, 4.69) is 10.1 Å². The SMILES string of the molecule is CCC(C)Oc1cc(C(=O)N(C)c2cnn(C)c2)ccn1. The lowest BCUT2D eigenvalue weighted by molar-refractivity contribution is 0.0992. The largest absolute Gasteiger partial charge is 0.475 e. The Morgan fingerprint density at radius 2 is 2.29 bits per heavy atom. The fourth-order valence-electron chi connectivity index (χ4n) is 1.79. The van der Waals surface area contributed by atoms with Gasteiger partial charge >= 0.3 is 0 Å². The zero-order chi connectivity index (χ0) is 15.4. The lowest BCUT2D eigenvalue weighted by Crippen LogP contribution is -2.26. The van der Waals surface area contributed by atoms with Gasteiger partial charge in [-0.15, -0.1) is 0 Å². The van der Waals surface area contributed by atoms with E-state index in [0.717, 1.165) is 12.1 Å². The lowest BCUT2D eigenvalue weighted by atomic mass is 10.2. The first-order valence-electron chi connectivity index (χ1n) is 6.90. The average molecular weight is 288 g/mol. The zero-order valence-corrected chi connectivity index (χ0v) is 12.8. The first-order chi connectivity index (χ1) is 10.0. The predicted molar refractivity (Wildman–Crippen MR) is 80.6 cm³/mol. The van der Waals surface area contributed by atoms with Gasteiger partial charge in [0.2, 0.25) is 5.88 Å². The summed E-state index contributed by atoms with van der Waals surface area (Å²) < 4.78 is 7.30. The highest BCUT2D eigenvalue weighted by atomic mass is 16.5. The van der Waals surface area contributed by atoms with Crippen molar-refractivity contribution in [3.8, 4) is 5.88 Å². The summed E-state index contributed by atoms with van der Waals surface area (Å²) in [6.45, 7) is 4.01. The molecule has 1 atom stereocenters. The van der Waals surface area contributed by atoms with E-state index in [0.29, 0.717) is 11.4 Å². The standard InChI is InChI=1S/C15H20N4O2/c1-5-11(2)21-14-8-12(6-7-16-14)15(20)19(4)13-9-17-18(3)10-13/h6-11H,5H2,1-4H3. The number of anilines is 1. The molecular formula is C15H20N4O2. The van der Waals surface area contributed by atoms with Crippen LogP contribution in [0.25, 0.3) is 0 Å². The van der Waals surface area contributed by atoms with E-state index in [1.165, 1.54) is 0 Å². The summed E-state index contributed by atoms with van der Waals surface area (Å²) in [5, 5.41) is 4.07. The zero-order valence-electron chi connectivity index (χ0n) is 12.8. The third kappa shape index (κ3) is 3.59. The number of aromatic nitrogens is 3. The number of carbonyl (C=O) groups excluding carboxylic acids is 1. The number of hydrogen-bond acceptors (Lipinski definition) is 4. The Morgan fingerprint density at radius 1 is 1.52 bits per heavy atom. The van der Waals surface area contributed by atoms with Crippen LogP contribution in [0, 0.1) is 0 Å². The van der Waals surface area contributed by atoms with Crippen molar-refractivity contribution in [3.63, 3.8) is 0 Å². The molecule has 6 nitrogen and oxygen atoms in total. The van der Waals surface area contributed by atoms with Crippen molar-refractivity contribution in [2.45, 2.75) is 26.4 Å². The Hall–Kier alpha value is -2.37. The quantitative estimate of drug-likeness (QED) is 0.846. The second-order valence-corrected chi connectivity index (χ2v) is 4.96. The number of aryl methyl sites for hydroxylation is 1. The van der Waals surface area contributed by atoms with Crippen molar-refractivity contribution in [3.05, 3.63) is 36.3 Å². The van der Waals surface area contributed by atoms with Gasteiger partial charge in [0.1, 0.15) is 0 Å². The van der Waals surface area contributed by atoms with Gasteiger partial charge in [-0.3, -0.25) is 9.48 Å². The molecular weight excluding hydrogens is 268 g/mol. The molecule has 1 amide bonds. The molecule has 0 aliphatic heterocycles. The highest BCUT2D eigenvalue weighted by molar-refractivity contribution is 6.05. The van der Waals surface area contributed by atoms with Gasteiger partial charge < -0.3 is 9.64 Å². The molecule has 0 spiro atoms. The molecule has 6 heteroatoms. The second-order valence-electron chi connectivity index (χ2n) is 4.96. The van der Waals surface area contributed by atoms with E-state index in [1.807, 2.05) is 20.9 Å². The summed E-state index contributed by atoms with van der Waals surface area (Å²) in [6.07, 6.45) is 5.97. The Labute approximate surface area is 124 Å². The molecule has 0 aliphatic carbocycles. The van der Waals surface area contributed by atoms with Gasteiger partial charge in [0, 0.05) is 38.1 Å². The maximum Gasteiger partial charge on any atom is 0.258 e. The van der Waals surface area contributed by atoms with Gasteiger partial charge in [0.25, 0.3) is 5.91 Å². The minimum atomic E-state index is -0.126. The number of carbonyl (C=O) groups is 1. The molecule has 21 heavy (non-hydrogen) atoms. The van der Waals surface area contributed by atoms with Gasteiger partial charge in [0.05, 0.1) is 18.0 Å². The number of amides is 1. The van der Waals surface area contributed by atoms with Crippen molar-refractivity contribution >= 4 is 11.6 Å². The number of pyridine rings is 1. The van der Waals surface area contributed by atoms with E-state index in [4.69, 9.17) is 4.74 Å². The maximum atomic E-state index is 12.5. The molecule has 2 heterocycles. The van der Waals surface area contributed by atoms with Crippen LogP contribution in [0.4, 0.5) is 5.69 Å². The summed E-state index contributed by atoms with van der Waals surface area (Å²) in [4.78, 5) is 18.2. The van der Waals surface area contributed by atoms with E-state index in [9.17, 15) is 4.79 Å². The number of rotatable bonds is 5. The van der Waals surface area contributed by atoms with Gasteiger partial charge in [-0.2, -0.15) is 5.10 Å². The van der Waals surface area contributed by atoms with Crippen LogP contribution in [-0.4, -0.2) is 33.8 Å². The third-order valence-electron chi connectivity index (χ3n) is 3.26. The van der Waals surface area contributed by atoms with Crippen molar-refractivity contribution in [1.29, 1.82) is 0 Å². The Bertz CT molecular complexity index is 624. The third-order valence-corrected chi connectivity index (χ3v) is 3.26. The van der Waals surface area contributed by atoms with Crippen LogP contribution < -0.4 is 9.64 Å².